The molecule has 0 bridgehead atoms. The third kappa shape index (κ3) is 3.15. The van der Waals surface area contributed by atoms with Crippen LogP contribution in [0.5, 0.6) is 5.75 Å². The van der Waals surface area contributed by atoms with Gasteiger partial charge in [0, 0.05) is 17.8 Å². The number of halogens is 1. The van der Waals surface area contributed by atoms with Crippen molar-refractivity contribution in [1.82, 2.24) is 10.2 Å². The smallest absolute Gasteiger partial charge is 0.356 e. The summed E-state index contributed by atoms with van der Waals surface area (Å²) in [6.45, 7) is 0. The van der Waals surface area contributed by atoms with Gasteiger partial charge >= 0.3 is 5.97 Å². The van der Waals surface area contributed by atoms with E-state index in [1.807, 2.05) is 0 Å². The molecule has 0 aliphatic rings. The molecule has 2 aromatic rings. The Hall–Kier alpha value is -2.70. The first-order valence-electron chi connectivity index (χ1n) is 5.27. The summed E-state index contributed by atoms with van der Waals surface area (Å²) in [5, 5.41) is 18.7. The van der Waals surface area contributed by atoms with Crippen molar-refractivity contribution in [3.8, 4) is 5.75 Å². The summed E-state index contributed by atoms with van der Waals surface area (Å²) in [6, 6.07) is 6.82. The fourth-order valence-corrected chi connectivity index (χ4v) is 1.41. The molecule has 2 N–H and O–H groups in total. The highest BCUT2D eigenvalue weighted by Crippen LogP contribution is 2.22. The lowest BCUT2D eigenvalue weighted by Crippen LogP contribution is -2.03. The van der Waals surface area contributed by atoms with Gasteiger partial charge < -0.3 is 15.2 Å². The number of benzene rings is 1. The summed E-state index contributed by atoms with van der Waals surface area (Å²) in [4.78, 5) is 10.6. The molecule has 1 heterocycles. The summed E-state index contributed by atoms with van der Waals surface area (Å²) in [7, 11) is 1.43. The molecule has 2 rings (SSSR count). The number of aromatic nitrogens is 2. The second-order valence-electron chi connectivity index (χ2n) is 3.61. The number of ether oxygens (including phenoxy) is 1. The van der Waals surface area contributed by atoms with Gasteiger partial charge in [-0.25, -0.2) is 9.18 Å². The first-order valence-corrected chi connectivity index (χ1v) is 5.27. The molecule has 0 unspecified atom stereocenters. The Balaban J connectivity index is 2.21. The minimum absolute atomic E-state index is 0.164. The molecular formula is C12H10FN3O3. The van der Waals surface area contributed by atoms with Gasteiger partial charge in [0.05, 0.1) is 7.11 Å². The molecule has 6 nitrogen and oxygen atoms in total. The van der Waals surface area contributed by atoms with Crippen LogP contribution in [0.3, 0.4) is 0 Å². The maximum absolute atomic E-state index is 13.3. The number of hydrogen-bond donors (Lipinski definition) is 2. The molecule has 98 valence electrons. The molecule has 19 heavy (non-hydrogen) atoms. The van der Waals surface area contributed by atoms with E-state index in [1.54, 1.807) is 6.07 Å². The van der Waals surface area contributed by atoms with Crippen LogP contribution in [-0.2, 0) is 0 Å². The first kappa shape index (κ1) is 12.7. The van der Waals surface area contributed by atoms with Crippen LogP contribution in [0.15, 0.2) is 30.3 Å². The molecule has 0 radical (unpaired) electrons. The molecule has 0 aliphatic carbocycles. The second kappa shape index (κ2) is 5.30. The van der Waals surface area contributed by atoms with E-state index in [2.05, 4.69) is 15.5 Å². The molecule has 0 fully saturated rings. The third-order valence-electron chi connectivity index (χ3n) is 2.26. The molecule has 1 aromatic carbocycles. The van der Waals surface area contributed by atoms with Crippen LogP contribution in [0.1, 0.15) is 10.5 Å². The summed E-state index contributed by atoms with van der Waals surface area (Å²) < 4.78 is 18.2. The van der Waals surface area contributed by atoms with Crippen molar-refractivity contribution in [3.63, 3.8) is 0 Å². The van der Waals surface area contributed by atoms with Crippen molar-refractivity contribution in [2.75, 3.05) is 12.4 Å². The number of aromatic carboxylic acids is 1. The minimum Gasteiger partial charge on any atom is -0.497 e. The summed E-state index contributed by atoms with van der Waals surface area (Å²) in [5.41, 5.74) is 0.261. The van der Waals surface area contributed by atoms with Crippen LogP contribution in [0.2, 0.25) is 0 Å². The molecule has 0 aliphatic heterocycles. The molecule has 0 atom stereocenters. The van der Waals surface area contributed by atoms with Gasteiger partial charge in [-0.2, -0.15) is 0 Å². The van der Waals surface area contributed by atoms with Gasteiger partial charge in [-0.1, -0.05) is 0 Å². The fourth-order valence-electron chi connectivity index (χ4n) is 1.41. The largest absolute Gasteiger partial charge is 0.497 e. The number of carbonyl (C=O) groups is 1. The predicted molar refractivity (Wildman–Crippen MR) is 65.2 cm³/mol. The average molecular weight is 263 g/mol. The lowest BCUT2D eigenvalue weighted by atomic mass is 10.3. The van der Waals surface area contributed by atoms with Crippen LogP contribution in [0.25, 0.3) is 0 Å². The van der Waals surface area contributed by atoms with Gasteiger partial charge in [-0.15, -0.1) is 10.2 Å². The van der Waals surface area contributed by atoms with Crippen LogP contribution < -0.4 is 10.1 Å². The molecule has 0 spiro atoms. The Bertz CT molecular complexity index is 602. The van der Waals surface area contributed by atoms with E-state index in [0.29, 0.717) is 17.3 Å². The van der Waals surface area contributed by atoms with Crippen LogP contribution in [-0.4, -0.2) is 28.4 Å². The van der Waals surface area contributed by atoms with Gasteiger partial charge in [0.1, 0.15) is 11.6 Å². The van der Waals surface area contributed by atoms with Crippen molar-refractivity contribution in [1.29, 1.82) is 0 Å². The van der Waals surface area contributed by atoms with Gasteiger partial charge in [-0.3, -0.25) is 0 Å². The molecule has 0 saturated heterocycles. The SMILES string of the molecule is COc1cc(F)cc(Nc2ccc(C(=O)O)nn2)c1. The number of carboxylic acid groups (broad SMARTS) is 1. The number of nitrogens with zero attached hydrogens (tertiary/aromatic N) is 2. The molecule has 0 amide bonds. The molecule has 7 heteroatoms. The Morgan fingerprint density at radius 3 is 2.68 bits per heavy atom. The quantitative estimate of drug-likeness (QED) is 0.878. The van der Waals surface area contributed by atoms with Crippen LogP contribution in [0, 0.1) is 5.82 Å². The lowest BCUT2D eigenvalue weighted by Gasteiger charge is -2.07. The van der Waals surface area contributed by atoms with E-state index >= 15 is 0 Å². The maximum atomic E-state index is 13.3. The highest BCUT2D eigenvalue weighted by atomic mass is 19.1. The maximum Gasteiger partial charge on any atom is 0.356 e. The third-order valence-corrected chi connectivity index (χ3v) is 2.26. The zero-order chi connectivity index (χ0) is 13.8. The van der Waals surface area contributed by atoms with E-state index in [1.165, 1.54) is 31.4 Å². The van der Waals surface area contributed by atoms with Crippen molar-refractivity contribution in [2.45, 2.75) is 0 Å². The van der Waals surface area contributed by atoms with Crippen LogP contribution >= 0.6 is 0 Å². The highest BCUT2D eigenvalue weighted by molar-refractivity contribution is 5.85. The summed E-state index contributed by atoms with van der Waals surface area (Å²) >= 11 is 0. The van der Waals surface area contributed by atoms with Crippen molar-refractivity contribution in [2.24, 2.45) is 0 Å². The number of rotatable bonds is 4. The van der Waals surface area contributed by atoms with E-state index < -0.39 is 11.8 Å². The number of hydrogen-bond acceptors (Lipinski definition) is 5. The standard InChI is InChI=1S/C12H10FN3O3/c1-19-9-5-7(13)4-8(6-9)14-11-3-2-10(12(17)18)15-16-11/h2-6H,1H3,(H,14,16)(H,17,18). The number of nitrogens with one attached hydrogen (secondary N) is 1. The fraction of sp³-hybridized carbons (Fsp3) is 0.0833. The van der Waals surface area contributed by atoms with Gasteiger partial charge in [0.2, 0.25) is 0 Å². The lowest BCUT2D eigenvalue weighted by molar-refractivity contribution is 0.0689. The summed E-state index contributed by atoms with van der Waals surface area (Å²) in [5.74, 6) is -0.960. The van der Waals surface area contributed by atoms with Gasteiger partial charge in [0.25, 0.3) is 0 Å². The second-order valence-corrected chi connectivity index (χ2v) is 3.61. The Morgan fingerprint density at radius 1 is 1.32 bits per heavy atom. The number of anilines is 2. The average Bonchev–Trinajstić information content (AvgIpc) is 2.38. The molecule has 0 saturated carbocycles. The topological polar surface area (TPSA) is 84.3 Å². The van der Waals surface area contributed by atoms with Crippen LogP contribution in [0.4, 0.5) is 15.9 Å². The predicted octanol–water partition coefficient (Wildman–Crippen LogP) is 2.07. The molecular weight excluding hydrogens is 253 g/mol. The Morgan fingerprint density at radius 2 is 2.11 bits per heavy atom. The highest BCUT2D eigenvalue weighted by Gasteiger charge is 2.06. The molecule has 1 aromatic heterocycles. The minimum atomic E-state index is -1.16. The first-order chi connectivity index (χ1) is 9.08. The number of methoxy groups -OCH3 is 1. The van der Waals surface area contributed by atoms with Crippen molar-refractivity contribution >= 4 is 17.5 Å². The summed E-state index contributed by atoms with van der Waals surface area (Å²) in [6.07, 6.45) is 0. The monoisotopic (exact) mass is 263 g/mol. The van der Waals surface area contributed by atoms with Crippen molar-refractivity contribution < 1.29 is 19.0 Å². The number of carboxylic acids is 1. The van der Waals surface area contributed by atoms with Gasteiger partial charge in [0.15, 0.2) is 11.5 Å². The van der Waals surface area contributed by atoms with E-state index in [-0.39, 0.29) is 5.69 Å². The normalized spacial score (nSPS) is 10.0. The van der Waals surface area contributed by atoms with Gasteiger partial charge in [-0.05, 0) is 18.2 Å². The zero-order valence-electron chi connectivity index (χ0n) is 9.92. The van der Waals surface area contributed by atoms with Crippen molar-refractivity contribution in [3.05, 3.63) is 41.8 Å². The Labute approximate surface area is 107 Å². The Kier molecular flexibility index (Phi) is 3.56. The van der Waals surface area contributed by atoms with E-state index in [4.69, 9.17) is 9.84 Å². The van der Waals surface area contributed by atoms with E-state index in [9.17, 15) is 9.18 Å². The zero-order valence-corrected chi connectivity index (χ0v) is 9.92. The van der Waals surface area contributed by atoms with E-state index in [0.717, 1.165) is 0 Å².